The molecule has 1 fully saturated rings. The summed E-state index contributed by atoms with van der Waals surface area (Å²) >= 11 is 12.4. The number of likely N-dealkylation sites (tertiary alicyclic amines) is 1. The van der Waals surface area contributed by atoms with Crippen LogP contribution in [0, 0.1) is 23.1 Å². The number of hydrogen-bond acceptors (Lipinski definition) is 8. The van der Waals surface area contributed by atoms with Crippen molar-refractivity contribution in [2.24, 2.45) is 5.92 Å². The monoisotopic (exact) mass is 595 g/mol. The van der Waals surface area contributed by atoms with Crippen LogP contribution in [0.15, 0.2) is 48.7 Å². The number of fused-ring (bicyclic) bond motifs is 1. The maximum Gasteiger partial charge on any atom is 0.167 e. The molecule has 1 aliphatic heterocycles. The molecule has 5 rings (SSSR count). The average molecular weight is 596 g/mol. The van der Waals surface area contributed by atoms with Crippen LogP contribution in [0.3, 0.4) is 0 Å². The summed E-state index contributed by atoms with van der Waals surface area (Å²) in [5.41, 5.74) is 2.04. The lowest BCUT2D eigenvalue weighted by Crippen LogP contribution is -2.32. The Labute approximate surface area is 247 Å². The Morgan fingerprint density at radius 3 is 2.63 bits per heavy atom. The quantitative estimate of drug-likeness (QED) is 0.207. The zero-order chi connectivity index (χ0) is 28.9. The molecule has 11 heteroatoms. The third-order valence-corrected chi connectivity index (χ3v) is 7.54. The maximum absolute atomic E-state index is 15.1. The number of pyridine rings is 2. The smallest absolute Gasteiger partial charge is 0.167 e. The molecule has 0 aliphatic carbocycles. The van der Waals surface area contributed by atoms with Crippen LogP contribution in [0.4, 0.5) is 15.8 Å². The van der Waals surface area contributed by atoms with Crippen LogP contribution in [0.1, 0.15) is 24.1 Å². The Hall–Kier alpha value is -3.84. The Kier molecular flexibility index (Phi) is 8.93. The van der Waals surface area contributed by atoms with Crippen molar-refractivity contribution < 1.29 is 18.6 Å². The van der Waals surface area contributed by atoms with Crippen LogP contribution >= 0.6 is 23.2 Å². The van der Waals surface area contributed by atoms with Crippen molar-refractivity contribution in [2.45, 2.75) is 19.4 Å². The number of anilines is 2. The number of methoxy groups -OCH3 is 1. The molecular formula is C30H28Cl2FN5O3. The van der Waals surface area contributed by atoms with E-state index in [2.05, 4.69) is 33.3 Å². The van der Waals surface area contributed by atoms with Gasteiger partial charge in [0.2, 0.25) is 0 Å². The molecule has 0 bridgehead atoms. The topological polar surface area (TPSA) is 92.5 Å². The molecule has 3 heterocycles. The first-order valence-electron chi connectivity index (χ1n) is 13.1. The first-order valence-corrected chi connectivity index (χ1v) is 13.8. The van der Waals surface area contributed by atoms with Gasteiger partial charge in [0.05, 0.1) is 46.9 Å². The molecule has 0 amide bonds. The molecule has 212 valence electrons. The summed E-state index contributed by atoms with van der Waals surface area (Å²) in [4.78, 5) is 10.9. The van der Waals surface area contributed by atoms with E-state index in [-0.39, 0.29) is 28.6 Å². The fourth-order valence-corrected chi connectivity index (χ4v) is 5.06. The van der Waals surface area contributed by atoms with Gasteiger partial charge >= 0.3 is 0 Å². The van der Waals surface area contributed by atoms with Gasteiger partial charge in [0.1, 0.15) is 17.8 Å². The third-order valence-electron chi connectivity index (χ3n) is 7.02. The third kappa shape index (κ3) is 6.73. The molecule has 0 atom stereocenters. The number of ether oxygens (including phenoxy) is 3. The Balaban J connectivity index is 1.40. The van der Waals surface area contributed by atoms with Gasteiger partial charge in [0.25, 0.3) is 0 Å². The Bertz CT molecular complexity index is 1610. The highest BCUT2D eigenvalue weighted by Gasteiger charge is 2.20. The first kappa shape index (κ1) is 28.7. The standard InChI is InChI=1S/C30H28Cl2FN5O3/c1-38-8-6-18(7-9-38)16-40-28-13-24-21(10-27(28)39-2)30(19(14-34)15-35-24)37-25-12-23(33)26(11-22(25)31)41-17-20-4-3-5-29(32)36-20/h3-5,10-13,15,18H,6-9,16-17H2,1-2H3,(H,35,37). The average Bonchev–Trinajstić information content (AvgIpc) is 2.97. The molecule has 0 saturated carbocycles. The van der Waals surface area contributed by atoms with Gasteiger partial charge in [0.15, 0.2) is 23.1 Å². The summed E-state index contributed by atoms with van der Waals surface area (Å²) < 4.78 is 32.4. The van der Waals surface area contributed by atoms with E-state index in [1.165, 1.54) is 18.3 Å². The summed E-state index contributed by atoms with van der Waals surface area (Å²) in [6.45, 7) is 2.68. The molecule has 0 spiro atoms. The minimum atomic E-state index is -0.641. The van der Waals surface area contributed by atoms with Gasteiger partial charge in [0, 0.05) is 29.8 Å². The predicted octanol–water partition coefficient (Wildman–Crippen LogP) is 7.00. The van der Waals surface area contributed by atoms with E-state index in [1.54, 1.807) is 37.4 Å². The van der Waals surface area contributed by atoms with Crippen molar-refractivity contribution in [2.75, 3.05) is 39.2 Å². The van der Waals surface area contributed by atoms with Gasteiger partial charge in [-0.15, -0.1) is 0 Å². The minimum Gasteiger partial charge on any atom is -0.493 e. The van der Waals surface area contributed by atoms with Gasteiger partial charge in [-0.1, -0.05) is 29.3 Å². The van der Waals surface area contributed by atoms with Crippen LogP contribution in [-0.2, 0) is 6.61 Å². The molecule has 4 aromatic rings. The van der Waals surface area contributed by atoms with Gasteiger partial charge in [-0.2, -0.15) is 5.26 Å². The zero-order valence-corrected chi connectivity index (χ0v) is 24.1. The lowest BCUT2D eigenvalue weighted by molar-refractivity contribution is 0.157. The number of nitrogens with zero attached hydrogens (tertiary/aromatic N) is 4. The van der Waals surface area contributed by atoms with Crippen molar-refractivity contribution in [1.82, 2.24) is 14.9 Å². The fourth-order valence-electron chi connectivity index (χ4n) is 4.68. The van der Waals surface area contributed by atoms with E-state index in [9.17, 15) is 5.26 Å². The molecule has 41 heavy (non-hydrogen) atoms. The van der Waals surface area contributed by atoms with Crippen molar-refractivity contribution in [3.63, 3.8) is 0 Å². The minimum absolute atomic E-state index is 0.0101. The van der Waals surface area contributed by atoms with E-state index < -0.39 is 5.82 Å². The summed E-state index contributed by atoms with van der Waals surface area (Å²) in [6, 6.07) is 13.4. The molecular weight excluding hydrogens is 568 g/mol. The summed E-state index contributed by atoms with van der Waals surface area (Å²) in [6.07, 6.45) is 3.60. The highest BCUT2D eigenvalue weighted by Crippen LogP contribution is 2.39. The number of piperidine rings is 1. The Morgan fingerprint density at radius 1 is 1.10 bits per heavy atom. The van der Waals surface area contributed by atoms with E-state index in [4.69, 9.17) is 37.4 Å². The normalized spacial score (nSPS) is 14.0. The van der Waals surface area contributed by atoms with Crippen LogP contribution in [0.5, 0.6) is 17.2 Å². The number of nitrogens with one attached hydrogen (secondary N) is 1. The second kappa shape index (κ2) is 12.8. The van der Waals surface area contributed by atoms with Gasteiger partial charge in [-0.05, 0) is 57.1 Å². The lowest BCUT2D eigenvalue weighted by Gasteiger charge is -2.28. The summed E-state index contributed by atoms with van der Waals surface area (Å²) in [7, 11) is 3.68. The van der Waals surface area contributed by atoms with Crippen molar-refractivity contribution in [3.05, 3.63) is 75.9 Å². The number of benzene rings is 2. The molecule has 0 radical (unpaired) electrons. The molecule has 1 saturated heterocycles. The second-order valence-electron chi connectivity index (χ2n) is 9.86. The number of hydrogen-bond donors (Lipinski definition) is 1. The number of rotatable bonds is 9. The maximum atomic E-state index is 15.1. The SMILES string of the molecule is COc1cc2c(Nc3cc(F)c(OCc4cccc(Cl)n4)cc3Cl)c(C#N)cnc2cc1OCC1CCN(C)CC1. The molecule has 8 nitrogen and oxygen atoms in total. The van der Waals surface area contributed by atoms with E-state index in [0.29, 0.717) is 51.5 Å². The van der Waals surface area contributed by atoms with Crippen molar-refractivity contribution >= 4 is 45.5 Å². The van der Waals surface area contributed by atoms with Crippen LogP contribution < -0.4 is 19.5 Å². The van der Waals surface area contributed by atoms with Crippen LogP contribution in [-0.4, -0.2) is 48.7 Å². The number of halogens is 3. The first-order chi connectivity index (χ1) is 19.8. The van der Waals surface area contributed by atoms with Crippen molar-refractivity contribution in [1.29, 1.82) is 5.26 Å². The Morgan fingerprint density at radius 2 is 1.90 bits per heavy atom. The molecule has 2 aromatic carbocycles. The van der Waals surface area contributed by atoms with Gasteiger partial charge < -0.3 is 24.4 Å². The fraction of sp³-hybridized carbons (Fsp3) is 0.300. The van der Waals surface area contributed by atoms with E-state index >= 15 is 4.39 Å². The molecule has 1 aliphatic rings. The zero-order valence-electron chi connectivity index (χ0n) is 22.6. The van der Waals surface area contributed by atoms with Crippen LogP contribution in [0.2, 0.25) is 10.2 Å². The highest BCUT2D eigenvalue weighted by molar-refractivity contribution is 6.33. The van der Waals surface area contributed by atoms with E-state index in [0.717, 1.165) is 25.9 Å². The number of nitriles is 1. The van der Waals surface area contributed by atoms with Crippen molar-refractivity contribution in [3.8, 4) is 23.3 Å². The van der Waals surface area contributed by atoms with E-state index in [1.807, 2.05) is 0 Å². The predicted molar refractivity (Wildman–Crippen MR) is 157 cm³/mol. The second-order valence-corrected chi connectivity index (χ2v) is 10.7. The van der Waals surface area contributed by atoms with Crippen LogP contribution in [0.25, 0.3) is 10.9 Å². The molecule has 1 N–H and O–H groups in total. The highest BCUT2D eigenvalue weighted by atomic mass is 35.5. The summed E-state index contributed by atoms with van der Waals surface area (Å²) in [5.74, 6) is 0.847. The van der Waals surface area contributed by atoms with Gasteiger partial charge in [-0.25, -0.2) is 9.37 Å². The largest absolute Gasteiger partial charge is 0.493 e. The lowest BCUT2D eigenvalue weighted by atomic mass is 9.98. The van der Waals surface area contributed by atoms with Gasteiger partial charge in [-0.3, -0.25) is 4.98 Å². The number of aromatic nitrogens is 2. The summed E-state index contributed by atoms with van der Waals surface area (Å²) in [5, 5.41) is 14.0. The molecule has 0 unspecified atom stereocenters. The molecule has 2 aromatic heterocycles.